The third kappa shape index (κ3) is 9.51. The highest BCUT2D eigenvalue weighted by Crippen LogP contribution is 2.45. The largest absolute Gasteiger partial charge is 0.464 e. The number of rotatable bonds is 11. The minimum absolute atomic E-state index is 0.0446. The highest BCUT2D eigenvalue weighted by atomic mass is 32.2. The third-order valence-electron chi connectivity index (χ3n) is 11.2. The van der Waals surface area contributed by atoms with Crippen molar-refractivity contribution in [2.24, 2.45) is 5.41 Å². The monoisotopic (exact) mass is 852 g/mol. The number of ether oxygens (including phenoxy) is 3. The maximum absolute atomic E-state index is 15.1. The first kappa shape index (κ1) is 42.4. The number of benzene rings is 2. The van der Waals surface area contributed by atoms with Crippen LogP contribution in [-0.2, 0) is 30.9 Å². The van der Waals surface area contributed by atoms with Gasteiger partial charge in [0.15, 0.2) is 0 Å². The molecule has 2 atom stereocenters. The Balaban J connectivity index is 1.10. The number of halogens is 3. The van der Waals surface area contributed by atoms with Crippen molar-refractivity contribution in [1.82, 2.24) is 29.0 Å². The summed E-state index contributed by atoms with van der Waals surface area (Å²) in [6, 6.07) is 15.9. The third-order valence-corrected chi connectivity index (χ3v) is 12.5. The van der Waals surface area contributed by atoms with Crippen LogP contribution in [0.4, 0.5) is 29.7 Å². The van der Waals surface area contributed by atoms with Crippen molar-refractivity contribution in [3.05, 3.63) is 95.3 Å². The Hall–Kier alpha value is -5.69. The van der Waals surface area contributed by atoms with Gasteiger partial charge in [-0.1, -0.05) is 48.5 Å². The number of nitrogen functional groups attached to an aromatic ring is 1. The number of amides is 1. The van der Waals surface area contributed by atoms with E-state index in [1.807, 2.05) is 35.2 Å². The van der Waals surface area contributed by atoms with E-state index >= 15 is 13.2 Å². The number of likely N-dealkylation sites (tertiary alicyclic amines) is 1. The minimum Gasteiger partial charge on any atom is -0.464 e. The van der Waals surface area contributed by atoms with Crippen LogP contribution in [0.25, 0.3) is 11.3 Å². The van der Waals surface area contributed by atoms with E-state index in [2.05, 4.69) is 15.1 Å². The highest BCUT2D eigenvalue weighted by molar-refractivity contribution is 7.88. The number of carbonyl (C=O) groups excluding carboxylic acids is 2. The summed E-state index contributed by atoms with van der Waals surface area (Å²) in [4.78, 5) is 38.1. The highest BCUT2D eigenvalue weighted by Gasteiger charge is 2.51. The molecule has 1 spiro atoms. The van der Waals surface area contributed by atoms with Crippen molar-refractivity contribution in [3.8, 4) is 11.6 Å². The minimum atomic E-state index is -4.91. The predicted octanol–water partition coefficient (Wildman–Crippen LogP) is 5.84. The fourth-order valence-corrected chi connectivity index (χ4v) is 8.85. The zero-order valence-electron chi connectivity index (χ0n) is 33.5. The van der Waals surface area contributed by atoms with Crippen LogP contribution in [0.5, 0.6) is 5.88 Å². The van der Waals surface area contributed by atoms with Gasteiger partial charge in [-0.25, -0.2) is 22.7 Å². The van der Waals surface area contributed by atoms with Crippen LogP contribution in [-0.4, -0.2) is 107 Å². The van der Waals surface area contributed by atoms with Crippen molar-refractivity contribution >= 4 is 39.4 Å². The van der Waals surface area contributed by atoms with Crippen molar-refractivity contribution in [3.63, 3.8) is 0 Å². The smallest absolute Gasteiger partial charge is 0.429 e. The van der Waals surface area contributed by atoms with E-state index in [9.17, 15) is 18.0 Å². The molecule has 2 aromatic carbocycles. The summed E-state index contributed by atoms with van der Waals surface area (Å²) in [7, 11) is -3.41. The van der Waals surface area contributed by atoms with Crippen LogP contribution in [0.1, 0.15) is 61.1 Å². The Morgan fingerprint density at radius 2 is 1.77 bits per heavy atom. The Morgan fingerprint density at radius 1 is 1.02 bits per heavy atom. The molecular formula is C41H47F3N8O7S. The van der Waals surface area contributed by atoms with Crippen LogP contribution < -0.4 is 15.4 Å². The standard InChI is InChI=1S/C41H47F3N8O7S/c1-4-57-37(53)33-24-40(26-51(33)39(54)58-25-28-8-6-5-7-9-28)15-20-49(21-16-40)34-23-35(47-38(45)46-34)59-36(41(42,43)44)31-11-10-30(22-32(31)52-19-12-27(2)48-52)29-13-17-50(18-14-29)60(3,55)56/h5-13,19,22-23,33,36H,4,14-18,20-21,24-26H2,1-3H3,(H2,45,46,47)/t33-,36+/m0/s1. The van der Waals surface area contributed by atoms with Crippen LogP contribution in [0, 0.1) is 12.3 Å². The lowest BCUT2D eigenvalue weighted by Gasteiger charge is -2.39. The van der Waals surface area contributed by atoms with Crippen LogP contribution >= 0.6 is 0 Å². The second kappa shape index (κ2) is 17.1. The second-order valence-corrected chi connectivity index (χ2v) is 17.3. The number of esters is 1. The summed E-state index contributed by atoms with van der Waals surface area (Å²) in [6.07, 6.45) is -1.80. The fraction of sp³-hybridized carbons (Fsp3) is 0.439. The number of aryl methyl sites for hydroxylation is 1. The van der Waals surface area contributed by atoms with Gasteiger partial charge in [0.05, 0.1) is 24.2 Å². The molecule has 5 heterocycles. The van der Waals surface area contributed by atoms with Gasteiger partial charge in [0.2, 0.25) is 28.0 Å². The molecule has 60 heavy (non-hydrogen) atoms. The molecule has 19 heteroatoms. The summed E-state index contributed by atoms with van der Waals surface area (Å²) >= 11 is 0. The summed E-state index contributed by atoms with van der Waals surface area (Å²) in [5.74, 6) is -0.924. The Kier molecular flexibility index (Phi) is 12.1. The number of nitrogens with two attached hydrogens (primary N) is 1. The van der Waals surface area contributed by atoms with Gasteiger partial charge in [-0.05, 0) is 73.8 Å². The van der Waals surface area contributed by atoms with Gasteiger partial charge in [0.1, 0.15) is 18.5 Å². The van der Waals surface area contributed by atoms with Gasteiger partial charge in [0.25, 0.3) is 0 Å². The van der Waals surface area contributed by atoms with Gasteiger partial charge in [-0.15, -0.1) is 0 Å². The molecule has 2 N–H and O–H groups in total. The molecular weight excluding hydrogens is 806 g/mol. The summed E-state index contributed by atoms with van der Waals surface area (Å²) in [6.45, 7) is 5.05. The number of carbonyl (C=O) groups is 2. The molecule has 7 rings (SSSR count). The van der Waals surface area contributed by atoms with Gasteiger partial charge >= 0.3 is 18.2 Å². The molecule has 3 aliphatic heterocycles. The zero-order valence-corrected chi connectivity index (χ0v) is 34.3. The number of piperidine rings is 1. The van der Waals surface area contributed by atoms with Crippen LogP contribution in [0.3, 0.4) is 0 Å². The number of alkyl halides is 3. The van der Waals surface area contributed by atoms with Gasteiger partial charge < -0.3 is 24.8 Å². The molecule has 3 aliphatic rings. The molecule has 2 fully saturated rings. The van der Waals surface area contributed by atoms with Crippen molar-refractivity contribution < 1.29 is 45.4 Å². The maximum atomic E-state index is 15.1. The summed E-state index contributed by atoms with van der Waals surface area (Å²) < 4.78 is 88.8. The van der Waals surface area contributed by atoms with Gasteiger partial charge in [0, 0.05) is 50.6 Å². The molecule has 0 aliphatic carbocycles. The van der Waals surface area contributed by atoms with Crippen molar-refractivity contribution in [2.45, 2.75) is 64.5 Å². The molecule has 1 amide bonds. The summed E-state index contributed by atoms with van der Waals surface area (Å²) in [5, 5.41) is 4.40. The second-order valence-electron chi connectivity index (χ2n) is 15.4. The lowest BCUT2D eigenvalue weighted by molar-refractivity contribution is -0.198. The van der Waals surface area contributed by atoms with Gasteiger partial charge in [-0.2, -0.15) is 32.5 Å². The van der Waals surface area contributed by atoms with E-state index in [1.54, 1.807) is 44.3 Å². The van der Waals surface area contributed by atoms with Crippen LogP contribution in [0.2, 0.25) is 0 Å². The van der Waals surface area contributed by atoms with Crippen molar-refractivity contribution in [1.29, 1.82) is 0 Å². The SMILES string of the molecule is CCOC(=O)[C@@H]1CC2(CCN(c3cc(O[C@H](c4ccc(C5=CCN(S(C)(=O)=O)CC5)cc4-n4ccc(C)n4)C(F)(F)F)nc(N)n3)CC2)CN1C(=O)OCc1ccccc1. The lowest BCUT2D eigenvalue weighted by atomic mass is 9.76. The fourth-order valence-electron chi connectivity index (χ4n) is 8.08. The average molecular weight is 853 g/mol. The molecule has 320 valence electrons. The topological polar surface area (TPSA) is 175 Å². The Morgan fingerprint density at radius 3 is 2.40 bits per heavy atom. The molecule has 2 saturated heterocycles. The number of nitrogens with zero attached hydrogens (tertiary/aromatic N) is 7. The van der Waals surface area contributed by atoms with Crippen LogP contribution in [0.15, 0.2) is 72.9 Å². The number of hydrogen-bond donors (Lipinski definition) is 1. The first-order valence-corrected chi connectivity index (χ1v) is 21.4. The Labute approximate surface area is 346 Å². The quantitative estimate of drug-likeness (QED) is 0.179. The first-order chi connectivity index (χ1) is 28.5. The molecule has 2 aromatic heterocycles. The number of hydrogen-bond acceptors (Lipinski definition) is 12. The van der Waals surface area contributed by atoms with E-state index in [4.69, 9.17) is 19.9 Å². The normalized spacial score (nSPS) is 18.9. The van der Waals surface area contributed by atoms with E-state index in [0.717, 1.165) is 17.4 Å². The Bertz CT molecular complexity index is 2350. The predicted molar refractivity (Wildman–Crippen MR) is 215 cm³/mol. The average Bonchev–Trinajstić information content (AvgIpc) is 3.82. The maximum Gasteiger partial charge on any atom is 0.429 e. The molecule has 0 unspecified atom stereocenters. The lowest BCUT2D eigenvalue weighted by Crippen LogP contribution is -2.43. The molecule has 0 radical (unpaired) electrons. The summed E-state index contributed by atoms with van der Waals surface area (Å²) in [5.41, 5.74) is 8.32. The van der Waals surface area contributed by atoms with Gasteiger partial charge in [-0.3, -0.25) is 4.90 Å². The number of sulfonamides is 1. The molecule has 0 saturated carbocycles. The number of aromatic nitrogens is 4. The molecule has 15 nitrogen and oxygen atoms in total. The number of anilines is 2. The molecule has 4 aromatic rings. The first-order valence-electron chi connectivity index (χ1n) is 19.6. The van der Waals surface area contributed by atoms with E-state index in [0.29, 0.717) is 50.0 Å². The molecule has 0 bridgehead atoms. The van der Waals surface area contributed by atoms with E-state index in [1.165, 1.54) is 26.0 Å². The van der Waals surface area contributed by atoms with E-state index < -0.39 is 51.7 Å². The van der Waals surface area contributed by atoms with E-state index in [-0.39, 0.29) is 55.9 Å². The zero-order chi connectivity index (χ0) is 42.8. The van der Waals surface area contributed by atoms with Crippen molar-refractivity contribution in [2.75, 3.05) is 56.2 Å².